The van der Waals surface area contributed by atoms with Crippen LogP contribution in [0, 0.1) is 17.2 Å². The average Bonchev–Trinajstić information content (AvgIpc) is 2.86. The van der Waals surface area contributed by atoms with Crippen LogP contribution in [-0.2, 0) is 9.53 Å². The van der Waals surface area contributed by atoms with Crippen molar-refractivity contribution >= 4 is 11.9 Å². The number of nitrogens with one attached hydrogen (secondary N) is 2. The zero-order valence-electron chi connectivity index (χ0n) is 20.4. The zero-order chi connectivity index (χ0) is 23.5. The molecule has 0 radical (unpaired) electrons. The van der Waals surface area contributed by atoms with Crippen LogP contribution < -0.4 is 10.6 Å². The molecule has 33 heavy (non-hydrogen) atoms. The van der Waals surface area contributed by atoms with Gasteiger partial charge in [0.25, 0.3) is 0 Å². The van der Waals surface area contributed by atoms with Crippen LogP contribution in [0.3, 0.4) is 0 Å². The number of rotatable bonds is 9. The number of urea groups is 1. The Morgan fingerprint density at radius 1 is 1.09 bits per heavy atom. The second-order valence-corrected chi connectivity index (χ2v) is 10.1. The number of ether oxygens (including phenoxy) is 1. The summed E-state index contributed by atoms with van der Waals surface area (Å²) < 4.78 is 5.35. The second kappa shape index (κ2) is 13.1. The number of hydrogen-bond donors (Lipinski definition) is 2. The fraction of sp³-hybridized carbons (Fsp3) is 0.880. The Morgan fingerprint density at radius 2 is 1.79 bits per heavy atom. The fourth-order valence-electron chi connectivity index (χ4n) is 5.33. The van der Waals surface area contributed by atoms with Crippen molar-refractivity contribution < 1.29 is 14.3 Å². The minimum atomic E-state index is -0.840. The number of unbranched alkanes of at least 4 members (excludes halogenated alkanes) is 2. The van der Waals surface area contributed by atoms with E-state index in [1.807, 2.05) is 0 Å². The van der Waals surface area contributed by atoms with Crippen LogP contribution in [0.5, 0.6) is 0 Å². The van der Waals surface area contributed by atoms with E-state index in [1.54, 1.807) is 4.90 Å². The molecule has 1 atom stereocenters. The molecule has 2 heterocycles. The van der Waals surface area contributed by atoms with Gasteiger partial charge in [0.2, 0.25) is 5.91 Å². The summed E-state index contributed by atoms with van der Waals surface area (Å²) in [7, 11) is 0. The summed E-state index contributed by atoms with van der Waals surface area (Å²) in [6, 6.07) is 1.61. The number of hydrogen-bond acceptors (Lipinski definition) is 5. The Labute approximate surface area is 199 Å². The summed E-state index contributed by atoms with van der Waals surface area (Å²) in [6.07, 6.45) is 11.3. The molecule has 3 aliphatic rings. The van der Waals surface area contributed by atoms with Gasteiger partial charge in [-0.25, -0.2) is 4.79 Å². The van der Waals surface area contributed by atoms with Crippen molar-refractivity contribution in [1.82, 2.24) is 20.4 Å². The molecular weight excluding hydrogens is 418 g/mol. The molecule has 0 spiro atoms. The lowest BCUT2D eigenvalue weighted by Gasteiger charge is -2.39. The molecule has 3 fully saturated rings. The van der Waals surface area contributed by atoms with Crippen molar-refractivity contribution in [1.29, 1.82) is 5.26 Å². The van der Waals surface area contributed by atoms with E-state index in [9.17, 15) is 14.9 Å². The molecule has 1 saturated carbocycles. The molecule has 0 bridgehead atoms. The van der Waals surface area contributed by atoms with Crippen LogP contribution in [0.4, 0.5) is 4.79 Å². The van der Waals surface area contributed by atoms with Crippen molar-refractivity contribution in [3.05, 3.63) is 0 Å². The fourth-order valence-corrected chi connectivity index (χ4v) is 5.33. The molecule has 186 valence electrons. The summed E-state index contributed by atoms with van der Waals surface area (Å²) >= 11 is 0. The van der Waals surface area contributed by atoms with Crippen LogP contribution >= 0.6 is 0 Å². The molecular formula is C25H43N5O3. The number of morpholine rings is 1. The number of amides is 3. The number of likely N-dealkylation sites (tertiary alicyclic amines) is 1. The quantitative estimate of drug-likeness (QED) is 0.515. The molecule has 0 aromatic rings. The number of nitriles is 1. The highest BCUT2D eigenvalue weighted by molar-refractivity contribution is 5.87. The van der Waals surface area contributed by atoms with Crippen LogP contribution in [0.15, 0.2) is 0 Å². The highest BCUT2D eigenvalue weighted by atomic mass is 16.5. The second-order valence-electron chi connectivity index (χ2n) is 10.1. The van der Waals surface area contributed by atoms with Crippen molar-refractivity contribution in [2.24, 2.45) is 5.92 Å². The smallest absolute Gasteiger partial charge is 0.318 e. The zero-order valence-corrected chi connectivity index (χ0v) is 20.4. The largest absolute Gasteiger partial charge is 0.378 e. The average molecular weight is 462 g/mol. The lowest BCUT2D eigenvalue weighted by molar-refractivity contribution is -0.125. The SMILES string of the molecule is CCCCCN1CCC(C#N)(NC(=O)C(CC2CCCCC2)NC(=O)N2CCOCC2)CC1. The first-order valence-corrected chi connectivity index (χ1v) is 13.1. The Balaban J connectivity index is 1.60. The van der Waals surface area contributed by atoms with Gasteiger partial charge in [0, 0.05) is 26.2 Å². The molecule has 8 nitrogen and oxygen atoms in total. The standard InChI is InChI=1S/C25H43N5O3/c1-2-3-7-12-29-13-10-25(20-26,11-14-29)28-23(31)22(19-21-8-5-4-6-9-21)27-24(32)30-15-17-33-18-16-30/h21-22H,2-19H2,1H3,(H,27,32)(H,28,31). The number of piperidine rings is 1. The molecule has 3 rings (SSSR count). The van der Waals surface area contributed by atoms with Gasteiger partial charge in [-0.3, -0.25) is 4.79 Å². The topological polar surface area (TPSA) is 97.7 Å². The predicted molar refractivity (Wildman–Crippen MR) is 128 cm³/mol. The summed E-state index contributed by atoms with van der Waals surface area (Å²) in [6.45, 7) is 7.05. The van der Waals surface area contributed by atoms with Crippen molar-refractivity contribution in [3.8, 4) is 6.07 Å². The molecule has 2 saturated heterocycles. The predicted octanol–water partition coefficient (Wildman–Crippen LogP) is 3.03. The van der Waals surface area contributed by atoms with Crippen LogP contribution in [0.2, 0.25) is 0 Å². The normalized spacial score (nSPS) is 22.8. The minimum absolute atomic E-state index is 0.203. The highest BCUT2D eigenvalue weighted by Gasteiger charge is 2.38. The van der Waals surface area contributed by atoms with Gasteiger partial charge in [0.15, 0.2) is 0 Å². The van der Waals surface area contributed by atoms with Crippen LogP contribution in [0.1, 0.15) is 77.6 Å². The summed E-state index contributed by atoms with van der Waals surface area (Å²) in [5, 5.41) is 16.1. The summed E-state index contributed by atoms with van der Waals surface area (Å²) in [5.41, 5.74) is -0.840. The molecule has 3 amide bonds. The van der Waals surface area contributed by atoms with E-state index in [0.29, 0.717) is 51.5 Å². The van der Waals surface area contributed by atoms with Gasteiger partial charge in [-0.1, -0.05) is 51.9 Å². The molecule has 1 unspecified atom stereocenters. The Kier molecular flexibility index (Phi) is 10.3. The van der Waals surface area contributed by atoms with Crippen molar-refractivity contribution in [3.63, 3.8) is 0 Å². The van der Waals surface area contributed by atoms with Gasteiger partial charge in [0.05, 0.1) is 19.3 Å². The van der Waals surface area contributed by atoms with Gasteiger partial charge in [-0.05, 0) is 38.1 Å². The lowest BCUT2D eigenvalue weighted by atomic mass is 9.84. The minimum Gasteiger partial charge on any atom is -0.378 e. The molecule has 1 aliphatic carbocycles. The van der Waals surface area contributed by atoms with E-state index >= 15 is 0 Å². The van der Waals surface area contributed by atoms with E-state index in [-0.39, 0.29) is 11.9 Å². The van der Waals surface area contributed by atoms with Gasteiger partial charge in [-0.2, -0.15) is 5.26 Å². The molecule has 0 aromatic carbocycles. The Bertz CT molecular complexity index is 659. The third kappa shape index (κ3) is 7.86. The monoisotopic (exact) mass is 461 g/mol. The highest BCUT2D eigenvalue weighted by Crippen LogP contribution is 2.28. The van der Waals surface area contributed by atoms with Gasteiger partial charge in [-0.15, -0.1) is 0 Å². The van der Waals surface area contributed by atoms with E-state index < -0.39 is 11.6 Å². The lowest BCUT2D eigenvalue weighted by Crippen LogP contribution is -2.60. The third-order valence-electron chi connectivity index (χ3n) is 7.57. The van der Waals surface area contributed by atoms with Crippen molar-refractivity contribution in [2.75, 3.05) is 45.9 Å². The molecule has 8 heteroatoms. The Hall–Kier alpha value is -1.85. The Morgan fingerprint density at radius 3 is 2.42 bits per heavy atom. The summed E-state index contributed by atoms with van der Waals surface area (Å²) in [5.74, 6) is 0.237. The summed E-state index contributed by atoms with van der Waals surface area (Å²) in [4.78, 5) is 30.4. The maximum Gasteiger partial charge on any atom is 0.318 e. The molecule has 2 aliphatic heterocycles. The number of carbonyl (C=O) groups excluding carboxylic acids is 2. The molecule has 2 N–H and O–H groups in total. The van der Waals surface area contributed by atoms with E-state index in [1.165, 1.54) is 38.5 Å². The molecule has 0 aromatic heterocycles. The maximum absolute atomic E-state index is 13.4. The van der Waals surface area contributed by atoms with Crippen LogP contribution in [-0.4, -0.2) is 79.3 Å². The van der Waals surface area contributed by atoms with E-state index in [4.69, 9.17) is 4.74 Å². The van der Waals surface area contributed by atoms with Crippen molar-refractivity contribution in [2.45, 2.75) is 89.1 Å². The van der Waals surface area contributed by atoms with Gasteiger partial charge in [0.1, 0.15) is 11.6 Å². The first kappa shape index (κ1) is 25.8. The van der Waals surface area contributed by atoms with E-state index in [0.717, 1.165) is 32.5 Å². The van der Waals surface area contributed by atoms with E-state index in [2.05, 4.69) is 28.5 Å². The first-order chi connectivity index (χ1) is 16.0. The van der Waals surface area contributed by atoms with Gasteiger partial charge >= 0.3 is 6.03 Å². The number of nitrogens with zero attached hydrogens (tertiary/aromatic N) is 3. The third-order valence-corrected chi connectivity index (χ3v) is 7.57. The first-order valence-electron chi connectivity index (χ1n) is 13.1. The van der Waals surface area contributed by atoms with Crippen LogP contribution in [0.25, 0.3) is 0 Å². The number of carbonyl (C=O) groups is 2. The van der Waals surface area contributed by atoms with Gasteiger partial charge < -0.3 is 25.2 Å². The maximum atomic E-state index is 13.4.